The lowest BCUT2D eigenvalue weighted by atomic mass is 10.3. The number of para-hydroxylation sites is 2. The van der Waals surface area contributed by atoms with Crippen LogP contribution in [0.15, 0.2) is 30.6 Å². The molecular formula is C11H12N4O2S. The van der Waals surface area contributed by atoms with E-state index in [-0.39, 0.29) is 6.03 Å². The van der Waals surface area contributed by atoms with E-state index in [1.54, 1.807) is 12.1 Å². The first-order valence-electron chi connectivity index (χ1n) is 5.36. The Morgan fingerprint density at radius 3 is 2.94 bits per heavy atom. The fourth-order valence-electron chi connectivity index (χ4n) is 1.33. The smallest absolute Gasteiger partial charge is 0.325 e. The third-order valence-electron chi connectivity index (χ3n) is 2.02. The Hall–Kier alpha value is -2.15. The molecule has 7 heteroatoms. The quantitative estimate of drug-likeness (QED) is 0.889. The number of amides is 2. The number of nitrogens with one attached hydrogen (secondary N) is 2. The largest absolute Gasteiger partial charge is 0.492 e. The summed E-state index contributed by atoms with van der Waals surface area (Å²) in [6.45, 7) is 2.43. The van der Waals surface area contributed by atoms with Gasteiger partial charge in [0.25, 0.3) is 0 Å². The van der Waals surface area contributed by atoms with Crippen LogP contribution < -0.4 is 15.4 Å². The molecule has 0 bridgehead atoms. The Morgan fingerprint density at radius 2 is 2.22 bits per heavy atom. The number of carbonyl (C=O) groups is 1. The Kier molecular flexibility index (Phi) is 4.08. The van der Waals surface area contributed by atoms with E-state index in [4.69, 9.17) is 4.74 Å². The number of carbonyl (C=O) groups excluding carboxylic acids is 1. The first-order chi connectivity index (χ1) is 8.79. The van der Waals surface area contributed by atoms with Crippen molar-refractivity contribution in [3.63, 3.8) is 0 Å². The number of hydrogen-bond donors (Lipinski definition) is 2. The van der Waals surface area contributed by atoms with Crippen molar-refractivity contribution in [1.29, 1.82) is 0 Å². The molecular weight excluding hydrogens is 252 g/mol. The molecule has 0 radical (unpaired) electrons. The summed E-state index contributed by atoms with van der Waals surface area (Å²) in [4.78, 5) is 15.6. The average Bonchev–Trinajstić information content (AvgIpc) is 2.84. The molecule has 0 unspecified atom stereocenters. The summed E-state index contributed by atoms with van der Waals surface area (Å²) >= 11 is 1.11. The molecule has 1 aromatic carbocycles. The number of urea groups is 1. The number of rotatable bonds is 4. The third kappa shape index (κ3) is 3.17. The molecule has 2 N–H and O–H groups in total. The molecule has 6 nitrogen and oxygen atoms in total. The van der Waals surface area contributed by atoms with Gasteiger partial charge >= 0.3 is 6.03 Å². The lowest BCUT2D eigenvalue weighted by Crippen LogP contribution is -2.19. The SMILES string of the molecule is CCOc1ccccc1NC(=O)Nc1ncns1. The van der Waals surface area contributed by atoms with E-state index in [2.05, 4.69) is 20.0 Å². The summed E-state index contributed by atoms with van der Waals surface area (Å²) in [5.41, 5.74) is 0.612. The summed E-state index contributed by atoms with van der Waals surface area (Å²) in [6.07, 6.45) is 1.38. The summed E-state index contributed by atoms with van der Waals surface area (Å²) in [7, 11) is 0. The van der Waals surface area contributed by atoms with Crippen molar-refractivity contribution in [3.05, 3.63) is 30.6 Å². The average molecular weight is 264 g/mol. The zero-order valence-electron chi connectivity index (χ0n) is 9.71. The topological polar surface area (TPSA) is 76.1 Å². The molecule has 18 heavy (non-hydrogen) atoms. The van der Waals surface area contributed by atoms with E-state index in [0.717, 1.165) is 11.5 Å². The Balaban J connectivity index is 2.02. The summed E-state index contributed by atoms with van der Waals surface area (Å²) < 4.78 is 9.20. The Labute approximate surface area is 108 Å². The molecule has 0 fully saturated rings. The normalized spacial score (nSPS) is 9.83. The highest BCUT2D eigenvalue weighted by atomic mass is 32.1. The highest BCUT2D eigenvalue weighted by Gasteiger charge is 2.08. The second-order valence-corrected chi connectivity index (χ2v) is 4.03. The molecule has 0 atom stereocenters. The molecule has 0 aliphatic rings. The zero-order valence-corrected chi connectivity index (χ0v) is 10.5. The summed E-state index contributed by atoms with van der Waals surface area (Å²) in [5.74, 6) is 0.632. The fourth-order valence-corrected chi connectivity index (χ4v) is 1.76. The molecule has 0 saturated heterocycles. The van der Waals surface area contributed by atoms with Crippen LogP contribution in [0, 0.1) is 0 Å². The van der Waals surface area contributed by atoms with Gasteiger partial charge in [-0.05, 0) is 19.1 Å². The standard InChI is InChI=1S/C11H12N4O2S/c1-2-17-9-6-4-3-5-8(9)14-10(16)15-11-12-7-13-18-11/h3-7H,2H2,1H3,(H2,12,13,14,15,16). The molecule has 1 aromatic heterocycles. The van der Waals surface area contributed by atoms with Crippen molar-refractivity contribution in [1.82, 2.24) is 9.36 Å². The minimum atomic E-state index is -0.376. The Morgan fingerprint density at radius 1 is 1.39 bits per heavy atom. The van der Waals surface area contributed by atoms with Crippen molar-refractivity contribution in [3.8, 4) is 5.75 Å². The van der Waals surface area contributed by atoms with Gasteiger partial charge in [-0.15, -0.1) is 0 Å². The van der Waals surface area contributed by atoms with Gasteiger partial charge < -0.3 is 10.1 Å². The molecule has 94 valence electrons. The van der Waals surface area contributed by atoms with Crippen molar-refractivity contribution in [2.75, 3.05) is 17.2 Å². The summed E-state index contributed by atoms with van der Waals surface area (Å²) in [6, 6.07) is 6.86. The number of ether oxygens (including phenoxy) is 1. The van der Waals surface area contributed by atoms with Crippen molar-refractivity contribution in [2.45, 2.75) is 6.92 Å². The number of benzene rings is 1. The van der Waals surface area contributed by atoms with Gasteiger partial charge in [0, 0.05) is 11.5 Å². The number of anilines is 2. The maximum absolute atomic E-state index is 11.7. The van der Waals surface area contributed by atoms with Gasteiger partial charge in [-0.2, -0.15) is 4.37 Å². The lowest BCUT2D eigenvalue weighted by Gasteiger charge is -2.10. The van der Waals surface area contributed by atoms with Crippen LogP contribution in [0.1, 0.15) is 6.92 Å². The maximum atomic E-state index is 11.7. The lowest BCUT2D eigenvalue weighted by molar-refractivity contribution is 0.262. The first-order valence-corrected chi connectivity index (χ1v) is 6.13. The predicted octanol–water partition coefficient (Wildman–Crippen LogP) is 2.58. The second kappa shape index (κ2) is 5.97. The van der Waals surface area contributed by atoms with Crippen LogP contribution in [0.25, 0.3) is 0 Å². The minimum absolute atomic E-state index is 0.376. The molecule has 2 aromatic rings. The van der Waals surface area contributed by atoms with E-state index in [0.29, 0.717) is 23.2 Å². The predicted molar refractivity (Wildman–Crippen MR) is 70.2 cm³/mol. The van der Waals surface area contributed by atoms with Gasteiger partial charge in [0.2, 0.25) is 5.13 Å². The van der Waals surface area contributed by atoms with Crippen LogP contribution in [0.4, 0.5) is 15.6 Å². The second-order valence-electron chi connectivity index (χ2n) is 3.25. The molecule has 1 heterocycles. The van der Waals surface area contributed by atoms with E-state index in [1.165, 1.54) is 6.33 Å². The van der Waals surface area contributed by atoms with E-state index < -0.39 is 0 Å². The van der Waals surface area contributed by atoms with Crippen LogP contribution >= 0.6 is 11.5 Å². The van der Waals surface area contributed by atoms with Crippen LogP contribution in [0.2, 0.25) is 0 Å². The van der Waals surface area contributed by atoms with E-state index in [1.807, 2.05) is 19.1 Å². The van der Waals surface area contributed by atoms with Crippen molar-refractivity contribution >= 4 is 28.4 Å². The van der Waals surface area contributed by atoms with Crippen LogP contribution in [-0.2, 0) is 0 Å². The Bertz CT molecular complexity index is 516. The molecule has 2 amide bonds. The summed E-state index contributed by atoms with van der Waals surface area (Å²) in [5, 5.41) is 5.72. The molecule has 2 rings (SSSR count). The highest BCUT2D eigenvalue weighted by molar-refractivity contribution is 7.09. The fraction of sp³-hybridized carbons (Fsp3) is 0.182. The number of aromatic nitrogens is 2. The third-order valence-corrected chi connectivity index (χ3v) is 2.60. The highest BCUT2D eigenvalue weighted by Crippen LogP contribution is 2.23. The molecule has 0 aliphatic carbocycles. The van der Waals surface area contributed by atoms with Crippen LogP contribution in [0.3, 0.4) is 0 Å². The van der Waals surface area contributed by atoms with Crippen LogP contribution in [-0.4, -0.2) is 22.0 Å². The number of nitrogens with zero attached hydrogens (tertiary/aromatic N) is 2. The minimum Gasteiger partial charge on any atom is -0.492 e. The molecule has 0 saturated carbocycles. The van der Waals surface area contributed by atoms with Crippen molar-refractivity contribution < 1.29 is 9.53 Å². The van der Waals surface area contributed by atoms with Gasteiger partial charge in [0.15, 0.2) is 0 Å². The molecule has 0 aliphatic heterocycles. The van der Waals surface area contributed by atoms with Crippen molar-refractivity contribution in [2.24, 2.45) is 0 Å². The monoisotopic (exact) mass is 264 g/mol. The van der Waals surface area contributed by atoms with Crippen LogP contribution in [0.5, 0.6) is 5.75 Å². The van der Waals surface area contributed by atoms with Gasteiger partial charge in [-0.25, -0.2) is 9.78 Å². The van der Waals surface area contributed by atoms with Gasteiger partial charge in [0.1, 0.15) is 12.1 Å². The maximum Gasteiger partial charge on any atom is 0.325 e. The molecule has 0 spiro atoms. The van der Waals surface area contributed by atoms with Gasteiger partial charge in [0.05, 0.1) is 12.3 Å². The first kappa shape index (κ1) is 12.3. The zero-order chi connectivity index (χ0) is 12.8. The van der Waals surface area contributed by atoms with Gasteiger partial charge in [-0.3, -0.25) is 5.32 Å². The number of hydrogen-bond acceptors (Lipinski definition) is 5. The van der Waals surface area contributed by atoms with E-state index in [9.17, 15) is 4.79 Å². The van der Waals surface area contributed by atoms with E-state index >= 15 is 0 Å². The van der Waals surface area contributed by atoms with Gasteiger partial charge in [-0.1, -0.05) is 12.1 Å².